The van der Waals surface area contributed by atoms with Crippen molar-refractivity contribution in [3.63, 3.8) is 0 Å². The monoisotopic (exact) mass is 176 g/mol. The molecule has 0 radical (unpaired) electrons. The molecule has 0 aliphatic carbocycles. The van der Waals surface area contributed by atoms with Crippen LogP contribution in [0, 0.1) is 11.8 Å². The number of hydrogen-bond acceptors (Lipinski definition) is 2. The van der Waals surface area contributed by atoms with E-state index in [0.717, 1.165) is 24.9 Å². The summed E-state index contributed by atoms with van der Waals surface area (Å²) in [7, 11) is 0. The Morgan fingerprint density at radius 3 is 2.36 bits per heavy atom. The fraction of sp³-hybridized carbons (Fsp3) is 1.00. The summed E-state index contributed by atoms with van der Waals surface area (Å²) in [5.41, 5.74) is 0. The van der Waals surface area contributed by atoms with E-state index in [4.69, 9.17) is 4.74 Å². The van der Waals surface area contributed by atoms with Crippen LogP contribution in [-0.2, 0) is 4.74 Å². The molecule has 2 heteroatoms. The van der Waals surface area contributed by atoms with Crippen LogP contribution in [-0.4, -0.2) is 19.0 Å². The lowest BCUT2D eigenvalue weighted by Gasteiger charge is -2.09. The lowest BCUT2D eigenvalue weighted by molar-refractivity contribution is 0.102. The molecule has 1 unspecified atom stereocenters. The zero-order chi connectivity index (χ0) is 8.69. The van der Waals surface area contributed by atoms with Crippen LogP contribution in [0.25, 0.3) is 0 Å². The quantitative estimate of drug-likeness (QED) is 0.483. The summed E-state index contributed by atoms with van der Waals surface area (Å²) >= 11 is 4.18. The first kappa shape index (κ1) is 11.3. The minimum Gasteiger partial charge on any atom is -0.381 e. The maximum Gasteiger partial charge on any atom is 0.0499 e. The highest BCUT2D eigenvalue weighted by atomic mass is 32.1. The van der Waals surface area contributed by atoms with E-state index >= 15 is 0 Å². The topological polar surface area (TPSA) is 9.23 Å². The van der Waals surface area contributed by atoms with Crippen molar-refractivity contribution < 1.29 is 4.74 Å². The number of thiol groups is 1. The summed E-state index contributed by atoms with van der Waals surface area (Å²) in [4.78, 5) is 0. The Labute approximate surface area is 75.9 Å². The second kappa shape index (κ2) is 6.99. The predicted molar refractivity (Wildman–Crippen MR) is 53.3 cm³/mol. The molecule has 0 saturated heterocycles. The molecule has 1 atom stereocenters. The van der Waals surface area contributed by atoms with Gasteiger partial charge in [0.2, 0.25) is 0 Å². The van der Waals surface area contributed by atoms with Gasteiger partial charge in [-0.2, -0.15) is 12.6 Å². The van der Waals surface area contributed by atoms with Crippen molar-refractivity contribution in [2.24, 2.45) is 11.8 Å². The summed E-state index contributed by atoms with van der Waals surface area (Å²) in [5, 5.41) is 0. The summed E-state index contributed by atoms with van der Waals surface area (Å²) in [6, 6.07) is 0. The van der Waals surface area contributed by atoms with E-state index in [0.29, 0.717) is 5.92 Å². The molecule has 0 aromatic carbocycles. The lowest BCUT2D eigenvalue weighted by Crippen LogP contribution is -2.09. The Kier molecular flexibility index (Phi) is 7.18. The molecular formula is C9H20OS. The molecule has 0 amide bonds. The second-order valence-electron chi connectivity index (χ2n) is 3.55. The van der Waals surface area contributed by atoms with Gasteiger partial charge < -0.3 is 4.74 Å². The molecule has 0 spiro atoms. The minimum absolute atomic E-state index is 0.588. The van der Waals surface area contributed by atoms with Crippen LogP contribution in [0.3, 0.4) is 0 Å². The molecule has 0 heterocycles. The Morgan fingerprint density at radius 2 is 1.91 bits per heavy atom. The van der Waals surface area contributed by atoms with Crippen molar-refractivity contribution >= 4 is 12.6 Å². The molecule has 11 heavy (non-hydrogen) atoms. The van der Waals surface area contributed by atoms with Crippen molar-refractivity contribution in [1.29, 1.82) is 0 Å². The van der Waals surface area contributed by atoms with Crippen LogP contribution in [0.2, 0.25) is 0 Å². The van der Waals surface area contributed by atoms with E-state index in [2.05, 4.69) is 33.4 Å². The molecule has 0 aliphatic heterocycles. The molecule has 68 valence electrons. The Balaban J connectivity index is 3.01. The third-order valence-corrected chi connectivity index (χ3v) is 2.18. The van der Waals surface area contributed by atoms with Crippen molar-refractivity contribution in [2.45, 2.75) is 27.2 Å². The van der Waals surface area contributed by atoms with Crippen molar-refractivity contribution in [2.75, 3.05) is 19.0 Å². The maximum atomic E-state index is 5.45. The number of ether oxygens (including phenoxy) is 1. The molecule has 0 rings (SSSR count). The lowest BCUT2D eigenvalue weighted by atomic mass is 10.1. The molecule has 0 fully saturated rings. The molecule has 0 saturated carbocycles. The van der Waals surface area contributed by atoms with Gasteiger partial charge >= 0.3 is 0 Å². The van der Waals surface area contributed by atoms with Gasteiger partial charge in [-0.25, -0.2) is 0 Å². The third-order valence-electron chi connectivity index (χ3n) is 1.55. The SMILES string of the molecule is CC(C)CCOCC(C)CS. The van der Waals surface area contributed by atoms with E-state index < -0.39 is 0 Å². The first-order valence-corrected chi connectivity index (χ1v) is 4.98. The Morgan fingerprint density at radius 1 is 1.27 bits per heavy atom. The van der Waals surface area contributed by atoms with Gasteiger partial charge in [0.15, 0.2) is 0 Å². The minimum atomic E-state index is 0.588. The van der Waals surface area contributed by atoms with Crippen LogP contribution >= 0.6 is 12.6 Å². The normalized spacial score (nSPS) is 13.9. The van der Waals surface area contributed by atoms with Crippen molar-refractivity contribution in [3.8, 4) is 0 Å². The standard InChI is InChI=1S/C9H20OS/c1-8(2)4-5-10-6-9(3)7-11/h8-9,11H,4-7H2,1-3H3. The van der Waals surface area contributed by atoms with Gasteiger partial charge in [0.05, 0.1) is 0 Å². The maximum absolute atomic E-state index is 5.45. The molecule has 1 nitrogen and oxygen atoms in total. The largest absolute Gasteiger partial charge is 0.381 e. The third kappa shape index (κ3) is 8.21. The summed E-state index contributed by atoms with van der Waals surface area (Å²) < 4.78 is 5.45. The van der Waals surface area contributed by atoms with Crippen LogP contribution in [0.4, 0.5) is 0 Å². The zero-order valence-corrected chi connectivity index (χ0v) is 8.73. The first-order chi connectivity index (χ1) is 5.16. The van der Waals surface area contributed by atoms with Crippen LogP contribution in [0.15, 0.2) is 0 Å². The Hall–Kier alpha value is 0.310. The van der Waals surface area contributed by atoms with Crippen molar-refractivity contribution in [3.05, 3.63) is 0 Å². The zero-order valence-electron chi connectivity index (χ0n) is 7.84. The van der Waals surface area contributed by atoms with E-state index in [9.17, 15) is 0 Å². The smallest absolute Gasteiger partial charge is 0.0499 e. The first-order valence-electron chi connectivity index (χ1n) is 4.35. The summed E-state index contributed by atoms with van der Waals surface area (Å²) in [5.74, 6) is 2.26. The van der Waals surface area contributed by atoms with E-state index in [1.807, 2.05) is 0 Å². The van der Waals surface area contributed by atoms with Crippen LogP contribution in [0.1, 0.15) is 27.2 Å². The molecule has 0 N–H and O–H groups in total. The fourth-order valence-corrected chi connectivity index (χ4v) is 0.762. The van der Waals surface area contributed by atoms with E-state index in [1.54, 1.807) is 0 Å². The van der Waals surface area contributed by atoms with Gasteiger partial charge in [-0.3, -0.25) is 0 Å². The van der Waals surface area contributed by atoms with Gasteiger partial charge in [-0.15, -0.1) is 0 Å². The summed E-state index contributed by atoms with van der Waals surface area (Å²) in [6.07, 6.45) is 1.17. The van der Waals surface area contributed by atoms with E-state index in [1.165, 1.54) is 6.42 Å². The average Bonchev–Trinajstić information content (AvgIpc) is 1.97. The highest BCUT2D eigenvalue weighted by Gasteiger charge is 1.99. The highest BCUT2D eigenvalue weighted by Crippen LogP contribution is 2.02. The Bertz CT molecular complexity index is 83.6. The van der Waals surface area contributed by atoms with Crippen LogP contribution in [0.5, 0.6) is 0 Å². The molecule has 0 bridgehead atoms. The highest BCUT2D eigenvalue weighted by molar-refractivity contribution is 7.80. The van der Waals surface area contributed by atoms with Gasteiger partial charge in [0, 0.05) is 13.2 Å². The molecular weight excluding hydrogens is 156 g/mol. The van der Waals surface area contributed by atoms with Gasteiger partial charge in [-0.1, -0.05) is 20.8 Å². The fourth-order valence-electron chi connectivity index (χ4n) is 0.656. The second-order valence-corrected chi connectivity index (χ2v) is 3.91. The van der Waals surface area contributed by atoms with Crippen LogP contribution < -0.4 is 0 Å². The van der Waals surface area contributed by atoms with Gasteiger partial charge in [0.25, 0.3) is 0 Å². The van der Waals surface area contributed by atoms with Gasteiger partial charge in [0.1, 0.15) is 0 Å². The number of hydrogen-bond donors (Lipinski definition) is 1. The van der Waals surface area contributed by atoms with Crippen molar-refractivity contribution in [1.82, 2.24) is 0 Å². The molecule has 0 aliphatic rings. The molecule has 0 aromatic heterocycles. The predicted octanol–water partition coefficient (Wildman–Crippen LogP) is 2.62. The molecule has 0 aromatic rings. The van der Waals surface area contributed by atoms with E-state index in [-0.39, 0.29) is 0 Å². The average molecular weight is 176 g/mol. The van der Waals surface area contributed by atoms with Gasteiger partial charge in [-0.05, 0) is 24.0 Å². The number of rotatable bonds is 6. The summed E-state index contributed by atoms with van der Waals surface area (Å²) in [6.45, 7) is 8.34.